The molecule has 0 aliphatic carbocycles. The quantitative estimate of drug-likeness (QED) is 0.751. The zero-order valence-corrected chi connectivity index (χ0v) is 14.4. The molecule has 22 heavy (non-hydrogen) atoms. The molecule has 2 rings (SSSR count). The largest absolute Gasteiger partial charge is 0.325 e. The Morgan fingerprint density at radius 1 is 1.14 bits per heavy atom. The molecule has 8 heteroatoms. The zero-order valence-electron chi connectivity index (χ0n) is 11.2. The van der Waals surface area contributed by atoms with Gasteiger partial charge in [0, 0.05) is 5.69 Å². The van der Waals surface area contributed by atoms with Gasteiger partial charge in [0.2, 0.25) is 5.91 Å². The molecule has 0 saturated heterocycles. The molecule has 0 aliphatic heterocycles. The second-order valence-corrected chi connectivity index (χ2v) is 6.95. The van der Waals surface area contributed by atoms with Crippen molar-refractivity contribution in [3.8, 4) is 0 Å². The molecule has 0 aliphatic rings. The molecule has 0 fully saturated rings. The lowest BCUT2D eigenvalue weighted by molar-refractivity contribution is -0.113. The van der Waals surface area contributed by atoms with Gasteiger partial charge in [-0.1, -0.05) is 45.7 Å². The summed E-state index contributed by atoms with van der Waals surface area (Å²) in [6.45, 7) is 0. The monoisotopic (exact) mass is 402 g/mol. The summed E-state index contributed by atoms with van der Waals surface area (Å²) < 4.78 is 26.8. The van der Waals surface area contributed by atoms with Gasteiger partial charge in [0.05, 0.1) is 20.9 Å². The summed E-state index contributed by atoms with van der Waals surface area (Å²) in [6, 6.07) is 12.5. The van der Waals surface area contributed by atoms with Gasteiger partial charge in [0.15, 0.2) is 0 Å². The van der Waals surface area contributed by atoms with Gasteiger partial charge in [-0.05, 0) is 30.3 Å². The van der Waals surface area contributed by atoms with Crippen LogP contribution >= 0.6 is 27.5 Å². The summed E-state index contributed by atoms with van der Waals surface area (Å²) in [5.74, 6) is -0.228. The van der Waals surface area contributed by atoms with Crippen molar-refractivity contribution >= 4 is 54.8 Å². The molecule has 0 radical (unpaired) electrons. The van der Waals surface area contributed by atoms with Crippen molar-refractivity contribution in [3.63, 3.8) is 0 Å². The number of nitrogens with one attached hydrogen (secondary N) is 2. The van der Waals surface area contributed by atoms with Crippen LogP contribution in [-0.2, 0) is 14.8 Å². The highest BCUT2D eigenvalue weighted by atomic mass is 79.9. The predicted molar refractivity (Wildman–Crippen MR) is 91.1 cm³/mol. The van der Waals surface area contributed by atoms with Crippen molar-refractivity contribution < 1.29 is 13.2 Å². The summed E-state index contributed by atoms with van der Waals surface area (Å²) >= 11 is 9.09. The molecule has 0 atom stereocenters. The number of carbonyl (C=O) groups is 1. The maximum atomic E-state index is 12.2. The minimum atomic E-state index is -3.71. The molecule has 0 spiro atoms. The van der Waals surface area contributed by atoms with Gasteiger partial charge in [-0.3, -0.25) is 9.52 Å². The van der Waals surface area contributed by atoms with Gasteiger partial charge >= 0.3 is 0 Å². The molecule has 0 bridgehead atoms. The van der Waals surface area contributed by atoms with E-state index in [-0.39, 0.29) is 26.8 Å². The lowest BCUT2D eigenvalue weighted by Gasteiger charge is -2.11. The van der Waals surface area contributed by atoms with Crippen LogP contribution in [0.4, 0.5) is 11.4 Å². The number of carbonyl (C=O) groups excluding carboxylic acids is 1. The lowest BCUT2D eigenvalue weighted by atomic mass is 10.3. The van der Waals surface area contributed by atoms with Crippen molar-refractivity contribution in [2.75, 3.05) is 15.4 Å². The van der Waals surface area contributed by atoms with Gasteiger partial charge in [0.25, 0.3) is 10.0 Å². The smallest absolute Gasteiger partial charge is 0.261 e. The molecule has 2 aromatic rings. The summed E-state index contributed by atoms with van der Waals surface area (Å²) in [5, 5.41) is 2.95. The van der Waals surface area contributed by atoms with Crippen molar-refractivity contribution in [2.45, 2.75) is 4.90 Å². The Kier molecular flexibility index (Phi) is 5.44. The Bertz CT molecular complexity index is 782. The fourth-order valence-electron chi connectivity index (χ4n) is 1.67. The van der Waals surface area contributed by atoms with Crippen LogP contribution in [0.15, 0.2) is 53.4 Å². The average Bonchev–Trinajstić information content (AvgIpc) is 2.50. The number of hydrogen-bond donors (Lipinski definition) is 2. The van der Waals surface area contributed by atoms with Crippen LogP contribution in [0.3, 0.4) is 0 Å². The Morgan fingerprint density at radius 3 is 2.41 bits per heavy atom. The number of sulfonamides is 1. The molecule has 0 unspecified atom stereocenters. The van der Waals surface area contributed by atoms with Gasteiger partial charge in [0.1, 0.15) is 0 Å². The van der Waals surface area contributed by atoms with Gasteiger partial charge in [-0.25, -0.2) is 8.42 Å². The maximum Gasteiger partial charge on any atom is 0.261 e. The first kappa shape index (κ1) is 16.8. The minimum absolute atomic E-state index is 0.141. The number of alkyl halides is 1. The molecular weight excluding hydrogens is 392 g/mol. The first-order valence-corrected chi connectivity index (χ1v) is 9.14. The lowest BCUT2D eigenvalue weighted by Crippen LogP contribution is -2.14. The van der Waals surface area contributed by atoms with E-state index in [1.54, 1.807) is 24.3 Å². The molecule has 0 heterocycles. The topological polar surface area (TPSA) is 75.3 Å². The second kappa shape index (κ2) is 7.13. The third-order valence-corrected chi connectivity index (χ3v) is 4.88. The van der Waals surface area contributed by atoms with Gasteiger partial charge in [-0.15, -0.1) is 0 Å². The molecule has 2 aromatic carbocycles. The van der Waals surface area contributed by atoms with Crippen molar-refractivity contribution in [1.82, 2.24) is 0 Å². The Hall–Kier alpha value is -1.57. The fourth-order valence-corrected chi connectivity index (χ4v) is 3.20. The Labute approximate surface area is 141 Å². The van der Waals surface area contributed by atoms with Crippen molar-refractivity contribution in [3.05, 3.63) is 53.6 Å². The third kappa shape index (κ3) is 4.22. The van der Waals surface area contributed by atoms with E-state index in [9.17, 15) is 13.2 Å². The van der Waals surface area contributed by atoms with Crippen molar-refractivity contribution in [1.29, 1.82) is 0 Å². The predicted octanol–water partition coefficient (Wildman–Crippen LogP) is 3.47. The highest BCUT2D eigenvalue weighted by Crippen LogP contribution is 2.27. The van der Waals surface area contributed by atoms with E-state index in [1.807, 2.05) is 0 Å². The van der Waals surface area contributed by atoms with Crippen LogP contribution in [0.25, 0.3) is 0 Å². The van der Waals surface area contributed by atoms with Crippen LogP contribution in [0.5, 0.6) is 0 Å². The van der Waals surface area contributed by atoms with Crippen LogP contribution in [0.2, 0.25) is 5.02 Å². The summed E-state index contributed by atoms with van der Waals surface area (Å²) in [6.07, 6.45) is 0. The first-order valence-electron chi connectivity index (χ1n) is 6.15. The van der Waals surface area contributed by atoms with E-state index in [1.165, 1.54) is 24.3 Å². The summed E-state index contributed by atoms with van der Waals surface area (Å²) in [7, 11) is -3.71. The number of anilines is 2. The summed E-state index contributed by atoms with van der Waals surface area (Å²) in [4.78, 5) is 11.4. The maximum absolute atomic E-state index is 12.2. The molecular formula is C14H12BrClN2O3S. The number of halogens is 2. The van der Waals surface area contributed by atoms with E-state index < -0.39 is 10.0 Å². The zero-order chi connectivity index (χ0) is 16.2. The second-order valence-electron chi connectivity index (χ2n) is 4.29. The Morgan fingerprint density at radius 2 is 1.82 bits per heavy atom. The number of hydrogen-bond acceptors (Lipinski definition) is 3. The SMILES string of the molecule is O=C(CBr)Nc1ccc(NS(=O)(=O)c2ccccc2)c(Cl)c1. The van der Waals surface area contributed by atoms with Crippen molar-refractivity contribution in [2.24, 2.45) is 0 Å². The minimum Gasteiger partial charge on any atom is -0.325 e. The van der Waals surface area contributed by atoms with E-state index >= 15 is 0 Å². The molecule has 0 saturated carbocycles. The van der Waals surface area contributed by atoms with E-state index in [0.717, 1.165) is 0 Å². The van der Waals surface area contributed by atoms with E-state index in [2.05, 4.69) is 26.0 Å². The van der Waals surface area contributed by atoms with E-state index in [0.29, 0.717) is 5.69 Å². The number of rotatable bonds is 5. The number of amides is 1. The van der Waals surface area contributed by atoms with Crippen LogP contribution in [0, 0.1) is 0 Å². The molecule has 0 aromatic heterocycles. The molecule has 5 nitrogen and oxygen atoms in total. The molecule has 2 N–H and O–H groups in total. The average molecular weight is 404 g/mol. The first-order chi connectivity index (χ1) is 10.4. The Balaban J connectivity index is 2.22. The summed E-state index contributed by atoms with van der Waals surface area (Å²) in [5.41, 5.74) is 0.722. The highest BCUT2D eigenvalue weighted by molar-refractivity contribution is 9.09. The van der Waals surface area contributed by atoms with Gasteiger partial charge < -0.3 is 5.32 Å². The molecule has 1 amide bonds. The van der Waals surface area contributed by atoms with Crippen LogP contribution in [-0.4, -0.2) is 19.7 Å². The van der Waals surface area contributed by atoms with Crippen LogP contribution < -0.4 is 10.0 Å². The normalized spacial score (nSPS) is 11.0. The third-order valence-electron chi connectivity index (χ3n) is 2.67. The van der Waals surface area contributed by atoms with Gasteiger partial charge in [-0.2, -0.15) is 0 Å². The molecule has 116 valence electrons. The number of benzene rings is 2. The van der Waals surface area contributed by atoms with Crippen LogP contribution in [0.1, 0.15) is 0 Å². The standard InChI is InChI=1S/C14H12BrClN2O3S/c15-9-14(19)17-10-6-7-13(12(16)8-10)18-22(20,21)11-4-2-1-3-5-11/h1-8,18H,9H2,(H,17,19). The fraction of sp³-hybridized carbons (Fsp3) is 0.0714. The highest BCUT2D eigenvalue weighted by Gasteiger charge is 2.15. The van der Waals surface area contributed by atoms with E-state index in [4.69, 9.17) is 11.6 Å².